The smallest absolute Gasteiger partial charge is 0.260 e. The number of pyridine rings is 1. The molecule has 5 heteroatoms. The molecule has 0 bridgehead atoms. The summed E-state index contributed by atoms with van der Waals surface area (Å²) in [4.78, 5) is 14.9. The van der Waals surface area contributed by atoms with Gasteiger partial charge in [0.1, 0.15) is 5.75 Å². The summed E-state index contributed by atoms with van der Waals surface area (Å²) in [6.45, 7) is 0. The number of aromatic amines is 1. The summed E-state index contributed by atoms with van der Waals surface area (Å²) in [6.07, 6.45) is 0. The quantitative estimate of drug-likeness (QED) is 0.707. The number of aromatic hydroxyl groups is 1. The van der Waals surface area contributed by atoms with E-state index in [1.165, 1.54) is 12.1 Å². The van der Waals surface area contributed by atoms with E-state index in [0.29, 0.717) is 26.5 Å². The summed E-state index contributed by atoms with van der Waals surface area (Å²) in [5.74, 6) is -0.103. The van der Waals surface area contributed by atoms with Gasteiger partial charge in [0.2, 0.25) is 0 Å². The molecule has 0 saturated heterocycles. The molecule has 100 valence electrons. The molecular weight excluding hydrogens is 297 g/mol. The Labute approximate surface area is 124 Å². The predicted octanol–water partition coefficient (Wildman–Crippen LogP) is 4.21. The molecule has 3 aromatic rings. The predicted molar refractivity (Wildman–Crippen MR) is 81.7 cm³/mol. The Hall–Kier alpha value is -1.97. The van der Waals surface area contributed by atoms with Gasteiger partial charge < -0.3 is 10.1 Å². The molecule has 1 heterocycles. The lowest BCUT2D eigenvalue weighted by Gasteiger charge is -2.08. The van der Waals surface area contributed by atoms with Gasteiger partial charge in [0.15, 0.2) is 0 Å². The van der Waals surface area contributed by atoms with Crippen molar-refractivity contribution in [3.05, 3.63) is 62.9 Å². The van der Waals surface area contributed by atoms with Crippen molar-refractivity contribution < 1.29 is 5.11 Å². The maximum Gasteiger partial charge on any atom is 0.260 e. The van der Waals surface area contributed by atoms with Crippen LogP contribution in [0.15, 0.2) is 47.3 Å². The van der Waals surface area contributed by atoms with Crippen LogP contribution in [0.3, 0.4) is 0 Å². The lowest BCUT2D eigenvalue weighted by molar-refractivity contribution is 0.482. The molecule has 0 aliphatic heterocycles. The first-order valence-corrected chi connectivity index (χ1v) is 6.63. The molecule has 0 atom stereocenters. The molecule has 2 N–H and O–H groups in total. The number of fused-ring (bicyclic) bond motifs is 1. The largest absolute Gasteiger partial charge is 0.506 e. The van der Waals surface area contributed by atoms with Crippen LogP contribution in [0, 0.1) is 0 Å². The molecule has 0 amide bonds. The number of halogens is 2. The summed E-state index contributed by atoms with van der Waals surface area (Å²) >= 11 is 11.9. The van der Waals surface area contributed by atoms with Crippen LogP contribution >= 0.6 is 23.2 Å². The number of hydrogen-bond donors (Lipinski definition) is 2. The molecule has 3 rings (SSSR count). The van der Waals surface area contributed by atoms with Crippen molar-refractivity contribution >= 4 is 34.1 Å². The Morgan fingerprint density at radius 1 is 1.00 bits per heavy atom. The number of H-pyrrole nitrogens is 1. The number of aromatic nitrogens is 1. The zero-order valence-corrected chi connectivity index (χ0v) is 11.7. The van der Waals surface area contributed by atoms with Crippen molar-refractivity contribution in [1.29, 1.82) is 0 Å². The van der Waals surface area contributed by atoms with E-state index >= 15 is 0 Å². The summed E-state index contributed by atoms with van der Waals surface area (Å²) < 4.78 is 0. The maximum absolute atomic E-state index is 12.2. The minimum absolute atomic E-state index is 0.103. The Kier molecular flexibility index (Phi) is 3.16. The van der Waals surface area contributed by atoms with Gasteiger partial charge in [0, 0.05) is 5.39 Å². The van der Waals surface area contributed by atoms with Gasteiger partial charge in [-0.3, -0.25) is 4.79 Å². The molecule has 1 aromatic heterocycles. The second kappa shape index (κ2) is 4.85. The number of nitrogens with one attached hydrogen (secondary N) is 1. The highest BCUT2D eigenvalue weighted by molar-refractivity contribution is 6.42. The summed E-state index contributed by atoms with van der Waals surface area (Å²) in [5, 5.41) is 11.5. The van der Waals surface area contributed by atoms with E-state index in [1.807, 2.05) is 6.07 Å². The van der Waals surface area contributed by atoms with Crippen LogP contribution in [-0.2, 0) is 0 Å². The highest BCUT2D eigenvalue weighted by Gasteiger charge is 2.14. The third-order valence-corrected chi connectivity index (χ3v) is 3.81. The van der Waals surface area contributed by atoms with Gasteiger partial charge in [-0.15, -0.1) is 0 Å². The van der Waals surface area contributed by atoms with E-state index in [4.69, 9.17) is 23.2 Å². The van der Waals surface area contributed by atoms with Gasteiger partial charge in [0.25, 0.3) is 5.56 Å². The Morgan fingerprint density at radius 3 is 2.35 bits per heavy atom. The van der Waals surface area contributed by atoms with Gasteiger partial charge in [-0.25, -0.2) is 0 Å². The third kappa shape index (κ3) is 2.05. The summed E-state index contributed by atoms with van der Waals surface area (Å²) in [5.41, 5.74) is 0.928. The molecule has 0 aliphatic rings. The van der Waals surface area contributed by atoms with Crippen molar-refractivity contribution in [2.75, 3.05) is 0 Å². The lowest BCUT2D eigenvalue weighted by Crippen LogP contribution is -2.09. The molecule has 0 fully saturated rings. The van der Waals surface area contributed by atoms with Crippen LogP contribution in [0.25, 0.3) is 22.0 Å². The number of hydrogen-bond acceptors (Lipinski definition) is 2. The Morgan fingerprint density at radius 2 is 1.65 bits per heavy atom. The molecule has 0 aliphatic carbocycles. The average molecular weight is 306 g/mol. The molecular formula is C15H9Cl2NO2. The van der Waals surface area contributed by atoms with Crippen molar-refractivity contribution in [3.8, 4) is 16.9 Å². The topological polar surface area (TPSA) is 53.1 Å². The van der Waals surface area contributed by atoms with Crippen LogP contribution in [-0.4, -0.2) is 10.1 Å². The van der Waals surface area contributed by atoms with E-state index in [-0.39, 0.29) is 16.9 Å². The molecule has 0 unspecified atom stereocenters. The minimum Gasteiger partial charge on any atom is -0.506 e. The normalized spacial score (nSPS) is 10.9. The van der Waals surface area contributed by atoms with Gasteiger partial charge in [-0.1, -0.05) is 53.5 Å². The van der Waals surface area contributed by atoms with Crippen LogP contribution in [0.5, 0.6) is 5.75 Å². The van der Waals surface area contributed by atoms with Gasteiger partial charge in [-0.05, 0) is 17.7 Å². The molecule has 0 spiro atoms. The maximum atomic E-state index is 12.2. The first-order valence-electron chi connectivity index (χ1n) is 5.87. The Bertz CT molecular complexity index is 857. The van der Waals surface area contributed by atoms with Gasteiger partial charge in [-0.2, -0.15) is 0 Å². The SMILES string of the molecule is O=c1[nH]c2cc(Cl)c(Cl)cc2c(O)c1-c1ccccc1. The van der Waals surface area contributed by atoms with Crippen LogP contribution in [0.4, 0.5) is 0 Å². The van der Waals surface area contributed by atoms with E-state index in [1.54, 1.807) is 24.3 Å². The first kappa shape index (κ1) is 13.0. The lowest BCUT2D eigenvalue weighted by atomic mass is 10.0. The van der Waals surface area contributed by atoms with E-state index in [9.17, 15) is 9.90 Å². The molecule has 0 radical (unpaired) electrons. The van der Waals surface area contributed by atoms with Crippen LogP contribution in [0.1, 0.15) is 0 Å². The average Bonchev–Trinajstić information content (AvgIpc) is 2.43. The van der Waals surface area contributed by atoms with Crippen LogP contribution < -0.4 is 5.56 Å². The molecule has 20 heavy (non-hydrogen) atoms. The van der Waals surface area contributed by atoms with E-state index in [0.717, 1.165) is 0 Å². The number of benzene rings is 2. The number of rotatable bonds is 1. The second-order valence-electron chi connectivity index (χ2n) is 4.36. The summed E-state index contributed by atoms with van der Waals surface area (Å²) in [7, 11) is 0. The van der Waals surface area contributed by atoms with E-state index in [2.05, 4.69) is 4.98 Å². The standard InChI is InChI=1S/C15H9Cl2NO2/c16-10-6-9-12(7-11(10)17)18-15(20)13(14(9)19)8-4-2-1-3-5-8/h1-7H,(H2,18,19,20). The Balaban J connectivity index is 2.41. The van der Waals surface area contributed by atoms with Crippen molar-refractivity contribution in [1.82, 2.24) is 4.98 Å². The highest BCUT2D eigenvalue weighted by Crippen LogP contribution is 2.35. The van der Waals surface area contributed by atoms with Crippen molar-refractivity contribution in [2.24, 2.45) is 0 Å². The molecule has 3 nitrogen and oxygen atoms in total. The summed E-state index contributed by atoms with van der Waals surface area (Å²) in [6, 6.07) is 12.0. The van der Waals surface area contributed by atoms with Gasteiger partial charge in [0.05, 0.1) is 21.1 Å². The second-order valence-corrected chi connectivity index (χ2v) is 5.17. The zero-order valence-electron chi connectivity index (χ0n) is 10.2. The zero-order chi connectivity index (χ0) is 14.3. The molecule has 0 saturated carbocycles. The fourth-order valence-corrected chi connectivity index (χ4v) is 2.47. The third-order valence-electron chi connectivity index (χ3n) is 3.09. The van der Waals surface area contributed by atoms with Crippen LogP contribution in [0.2, 0.25) is 10.0 Å². The minimum atomic E-state index is -0.375. The highest BCUT2D eigenvalue weighted by atomic mass is 35.5. The molecule has 2 aromatic carbocycles. The first-order chi connectivity index (χ1) is 9.58. The van der Waals surface area contributed by atoms with E-state index < -0.39 is 0 Å². The van der Waals surface area contributed by atoms with Gasteiger partial charge >= 0.3 is 0 Å². The monoisotopic (exact) mass is 305 g/mol. The fourth-order valence-electron chi connectivity index (χ4n) is 2.15. The van der Waals surface area contributed by atoms with Crippen molar-refractivity contribution in [2.45, 2.75) is 0 Å². The van der Waals surface area contributed by atoms with Crippen molar-refractivity contribution in [3.63, 3.8) is 0 Å². The fraction of sp³-hybridized carbons (Fsp3) is 0.